The van der Waals surface area contributed by atoms with Gasteiger partial charge >= 0.3 is 0 Å². The highest BCUT2D eigenvalue weighted by atomic mass is 32.2. The second kappa shape index (κ2) is 9.81. The Morgan fingerprint density at radius 2 is 1.84 bits per heavy atom. The molecule has 7 nitrogen and oxygen atoms in total. The fourth-order valence-electron chi connectivity index (χ4n) is 4.69. The summed E-state index contributed by atoms with van der Waals surface area (Å²) < 4.78 is 25.0. The average molecular weight is 464 g/mol. The van der Waals surface area contributed by atoms with Crippen LogP contribution < -0.4 is 10.0 Å². The van der Waals surface area contributed by atoms with Gasteiger partial charge in [0.25, 0.3) is 5.91 Å². The Labute approximate surface area is 192 Å². The van der Waals surface area contributed by atoms with E-state index in [1.165, 1.54) is 19.3 Å². The number of hydrogen-bond donors (Lipinski definition) is 2. The third-order valence-electron chi connectivity index (χ3n) is 6.67. The number of rotatable bonds is 5. The van der Waals surface area contributed by atoms with E-state index in [9.17, 15) is 13.2 Å². The summed E-state index contributed by atoms with van der Waals surface area (Å²) in [5.74, 6) is 0.451. The second-order valence-corrected chi connectivity index (χ2v) is 12.2. The number of hydrogen-bond acceptors (Lipinski definition) is 5. The molecular weight excluding hydrogens is 426 g/mol. The van der Waals surface area contributed by atoms with Crippen LogP contribution in [0.25, 0.3) is 0 Å². The summed E-state index contributed by atoms with van der Waals surface area (Å²) in [5.41, 5.74) is 1.76. The van der Waals surface area contributed by atoms with Crippen LogP contribution in [-0.4, -0.2) is 31.9 Å². The first kappa shape index (κ1) is 24.6. The summed E-state index contributed by atoms with van der Waals surface area (Å²) in [7, 11) is -3.31. The quantitative estimate of drug-likeness (QED) is 0.667. The van der Waals surface area contributed by atoms with Gasteiger partial charge in [-0.25, -0.2) is 8.42 Å². The minimum Gasteiger partial charge on any atom is -0.388 e. The Bertz CT molecular complexity index is 935. The van der Waals surface area contributed by atoms with Crippen molar-refractivity contribution >= 4 is 27.3 Å². The predicted octanol–water partition coefficient (Wildman–Crippen LogP) is 4.60. The van der Waals surface area contributed by atoms with E-state index < -0.39 is 10.0 Å². The van der Waals surface area contributed by atoms with Crippen molar-refractivity contribution < 1.29 is 18.0 Å². The molecule has 0 radical (unpaired) electrons. The van der Waals surface area contributed by atoms with Gasteiger partial charge in [-0.1, -0.05) is 50.9 Å². The van der Waals surface area contributed by atoms with Gasteiger partial charge in [0, 0.05) is 18.7 Å². The van der Waals surface area contributed by atoms with Crippen molar-refractivity contribution in [3.63, 3.8) is 0 Å². The molecule has 1 amide bonds. The molecule has 3 rings (SSSR count). The van der Waals surface area contributed by atoms with Crippen molar-refractivity contribution in [1.82, 2.24) is 5.32 Å². The van der Waals surface area contributed by atoms with E-state index in [1.807, 2.05) is 0 Å². The maximum Gasteiger partial charge on any atom is 0.269 e. The van der Waals surface area contributed by atoms with Gasteiger partial charge in [0.15, 0.2) is 0 Å². The first-order chi connectivity index (χ1) is 15.0. The van der Waals surface area contributed by atoms with E-state index in [1.54, 1.807) is 24.3 Å². The highest BCUT2D eigenvalue weighted by Gasteiger charge is 2.42. The van der Waals surface area contributed by atoms with Crippen LogP contribution in [0.1, 0.15) is 77.7 Å². The number of nitrogens with one attached hydrogen (secondary N) is 2. The maximum absolute atomic E-state index is 12.7. The number of carbonyl (C=O) groups is 1. The Balaban J connectivity index is 1.55. The van der Waals surface area contributed by atoms with Gasteiger partial charge in [-0.05, 0) is 61.1 Å². The van der Waals surface area contributed by atoms with Crippen molar-refractivity contribution in [3.05, 3.63) is 29.8 Å². The van der Waals surface area contributed by atoms with Crippen molar-refractivity contribution in [2.45, 2.75) is 84.3 Å². The van der Waals surface area contributed by atoms with Crippen LogP contribution in [0.2, 0.25) is 0 Å². The van der Waals surface area contributed by atoms with Crippen molar-refractivity contribution in [3.8, 4) is 0 Å². The summed E-state index contributed by atoms with van der Waals surface area (Å²) in [4.78, 5) is 18.7. The number of benzene rings is 1. The molecule has 2 unspecified atom stereocenters. The summed E-state index contributed by atoms with van der Waals surface area (Å²) in [5, 5.41) is 7.11. The molecule has 1 saturated carbocycles. The average Bonchev–Trinajstić information content (AvgIpc) is 3.15. The molecule has 1 aliphatic heterocycles. The molecule has 1 aliphatic carbocycles. The zero-order valence-electron chi connectivity index (χ0n) is 19.7. The molecule has 178 valence electrons. The zero-order chi connectivity index (χ0) is 23.4. The van der Waals surface area contributed by atoms with Gasteiger partial charge in [-0.3, -0.25) is 9.52 Å². The summed E-state index contributed by atoms with van der Waals surface area (Å²) in [6, 6.07) is 6.92. The molecule has 1 fully saturated rings. The Morgan fingerprint density at radius 1 is 1.12 bits per heavy atom. The molecule has 0 bridgehead atoms. The standard InChI is InChI=1S/C24H37N3O4S/c1-23(2,3)19-8-6-5-7-14-24(15-13-19)16-21(26-31-24)22(28)25-17-18-9-11-20(12-10-18)27-32(4,29)30/h9-12,19,27H,5-8,13-17H2,1-4H3,(H,25,28). The van der Waals surface area contributed by atoms with Gasteiger partial charge in [0.1, 0.15) is 11.3 Å². The minimum atomic E-state index is -3.31. The van der Waals surface area contributed by atoms with Crippen molar-refractivity contribution in [2.75, 3.05) is 11.0 Å². The number of carbonyl (C=O) groups excluding carboxylic acids is 1. The van der Waals surface area contributed by atoms with Crippen LogP contribution in [0.15, 0.2) is 29.4 Å². The third-order valence-corrected chi connectivity index (χ3v) is 7.28. The maximum atomic E-state index is 12.7. The van der Waals surface area contributed by atoms with Crippen LogP contribution in [0.3, 0.4) is 0 Å². The lowest BCUT2D eigenvalue weighted by Crippen LogP contribution is -2.35. The molecule has 32 heavy (non-hydrogen) atoms. The van der Waals surface area contributed by atoms with Crippen molar-refractivity contribution in [1.29, 1.82) is 0 Å². The highest BCUT2D eigenvalue weighted by molar-refractivity contribution is 7.92. The smallest absolute Gasteiger partial charge is 0.269 e. The molecule has 1 aromatic carbocycles. The third kappa shape index (κ3) is 6.95. The van der Waals surface area contributed by atoms with Crippen LogP contribution in [-0.2, 0) is 26.2 Å². The number of sulfonamides is 1. The molecule has 1 spiro atoms. The van der Waals surface area contributed by atoms with Crippen LogP contribution in [0.5, 0.6) is 0 Å². The highest BCUT2D eigenvalue weighted by Crippen LogP contribution is 2.42. The van der Waals surface area contributed by atoms with E-state index in [-0.39, 0.29) is 16.9 Å². The van der Waals surface area contributed by atoms with Crippen molar-refractivity contribution in [2.24, 2.45) is 16.5 Å². The van der Waals surface area contributed by atoms with Gasteiger partial charge < -0.3 is 10.2 Å². The first-order valence-corrected chi connectivity index (χ1v) is 13.4. The molecule has 8 heteroatoms. The van der Waals surface area contributed by atoms with Crippen LogP contribution >= 0.6 is 0 Å². The normalized spacial score (nSPS) is 24.6. The summed E-state index contributed by atoms with van der Waals surface area (Å²) in [6.45, 7) is 7.29. The Hall–Kier alpha value is -2.09. The van der Waals surface area contributed by atoms with E-state index in [0.717, 1.165) is 37.5 Å². The fourth-order valence-corrected chi connectivity index (χ4v) is 5.25. The van der Waals surface area contributed by atoms with Crippen LogP contribution in [0.4, 0.5) is 5.69 Å². The number of oxime groups is 1. The monoisotopic (exact) mass is 463 g/mol. The SMILES string of the molecule is CC(C)(C)C1CCCCCC2(CC1)CC(C(=O)NCc1ccc(NS(C)(=O)=O)cc1)=NO2. The molecule has 2 N–H and O–H groups in total. The lowest BCUT2D eigenvalue weighted by molar-refractivity contribution is -0.115. The number of amides is 1. The van der Waals surface area contributed by atoms with E-state index in [2.05, 4.69) is 36.0 Å². The number of anilines is 1. The molecule has 1 heterocycles. The molecule has 2 aliphatic rings. The van der Waals surface area contributed by atoms with Gasteiger partial charge in [-0.15, -0.1) is 0 Å². The number of nitrogens with zero attached hydrogens (tertiary/aromatic N) is 1. The molecular formula is C24H37N3O4S. The molecule has 0 saturated heterocycles. The topological polar surface area (TPSA) is 96.9 Å². The second-order valence-electron chi connectivity index (χ2n) is 10.4. The lowest BCUT2D eigenvalue weighted by Gasteiger charge is -2.33. The van der Waals surface area contributed by atoms with E-state index in [4.69, 9.17) is 4.84 Å². The molecule has 1 aromatic rings. The van der Waals surface area contributed by atoms with E-state index >= 15 is 0 Å². The fraction of sp³-hybridized carbons (Fsp3) is 0.667. The Kier molecular flexibility index (Phi) is 7.53. The van der Waals surface area contributed by atoms with Gasteiger partial charge in [0.2, 0.25) is 10.0 Å². The predicted molar refractivity (Wildman–Crippen MR) is 128 cm³/mol. The minimum absolute atomic E-state index is 0.201. The zero-order valence-corrected chi connectivity index (χ0v) is 20.6. The molecule has 0 aromatic heterocycles. The Morgan fingerprint density at radius 3 is 2.50 bits per heavy atom. The van der Waals surface area contributed by atoms with Gasteiger partial charge in [-0.2, -0.15) is 0 Å². The van der Waals surface area contributed by atoms with Gasteiger partial charge in [0.05, 0.1) is 6.26 Å². The summed E-state index contributed by atoms with van der Waals surface area (Å²) >= 11 is 0. The summed E-state index contributed by atoms with van der Waals surface area (Å²) in [6.07, 6.45) is 9.46. The molecule has 2 atom stereocenters. The van der Waals surface area contributed by atoms with Crippen LogP contribution in [0, 0.1) is 11.3 Å². The lowest BCUT2D eigenvalue weighted by atomic mass is 9.74. The van der Waals surface area contributed by atoms with E-state index in [0.29, 0.717) is 30.3 Å². The largest absolute Gasteiger partial charge is 0.388 e. The first-order valence-electron chi connectivity index (χ1n) is 11.6.